The molecule has 0 spiro atoms. The highest BCUT2D eigenvalue weighted by Crippen LogP contribution is 2.16. The molecule has 0 aliphatic carbocycles. The summed E-state index contributed by atoms with van der Waals surface area (Å²) in [4.78, 5) is -0.484. The van der Waals surface area contributed by atoms with Gasteiger partial charge in [0.1, 0.15) is 10.7 Å². The Morgan fingerprint density at radius 2 is 2.19 bits per heavy atom. The van der Waals surface area contributed by atoms with E-state index in [9.17, 15) is 12.8 Å². The SMILES string of the molecule is C[C@H](O)CNS(=O)(=O)c1ccc(N)cc1F. The summed E-state index contributed by atoms with van der Waals surface area (Å²) in [5, 5.41) is 8.94. The molecule has 0 aromatic heterocycles. The van der Waals surface area contributed by atoms with Crippen LogP contribution < -0.4 is 10.5 Å². The fourth-order valence-electron chi connectivity index (χ4n) is 1.04. The summed E-state index contributed by atoms with van der Waals surface area (Å²) in [6, 6.07) is 3.30. The molecular formula is C9H13FN2O3S. The molecule has 0 aliphatic heterocycles. The van der Waals surface area contributed by atoms with E-state index >= 15 is 0 Å². The predicted molar refractivity (Wildman–Crippen MR) is 57.7 cm³/mol. The number of halogens is 1. The van der Waals surface area contributed by atoms with Gasteiger partial charge in [0.05, 0.1) is 6.10 Å². The average molecular weight is 248 g/mol. The Morgan fingerprint density at radius 1 is 1.56 bits per heavy atom. The summed E-state index contributed by atoms with van der Waals surface area (Å²) in [7, 11) is -3.94. The maximum atomic E-state index is 13.3. The fourth-order valence-corrected chi connectivity index (χ4v) is 2.22. The van der Waals surface area contributed by atoms with Crippen molar-refractivity contribution in [2.45, 2.75) is 17.9 Å². The third-order valence-electron chi connectivity index (χ3n) is 1.81. The van der Waals surface area contributed by atoms with Gasteiger partial charge in [-0.2, -0.15) is 0 Å². The Bertz CT molecular complexity index is 474. The summed E-state index contributed by atoms with van der Waals surface area (Å²) in [5.74, 6) is -0.918. The maximum Gasteiger partial charge on any atom is 0.243 e. The molecule has 0 heterocycles. The molecule has 0 saturated carbocycles. The molecule has 90 valence electrons. The van der Waals surface area contributed by atoms with Crippen LogP contribution in [0.3, 0.4) is 0 Å². The van der Waals surface area contributed by atoms with Crippen molar-refractivity contribution >= 4 is 15.7 Å². The van der Waals surface area contributed by atoms with Crippen molar-refractivity contribution in [2.75, 3.05) is 12.3 Å². The van der Waals surface area contributed by atoms with Crippen LogP contribution in [0.4, 0.5) is 10.1 Å². The first kappa shape index (κ1) is 12.9. The molecule has 1 atom stereocenters. The number of aliphatic hydroxyl groups excluding tert-OH is 1. The Balaban J connectivity index is 2.99. The largest absolute Gasteiger partial charge is 0.399 e. The van der Waals surface area contributed by atoms with Gasteiger partial charge in [0.25, 0.3) is 0 Å². The number of nitrogen functional groups attached to an aromatic ring is 1. The Kier molecular flexibility index (Phi) is 3.84. The van der Waals surface area contributed by atoms with Crippen molar-refractivity contribution in [3.8, 4) is 0 Å². The van der Waals surface area contributed by atoms with Crippen LogP contribution in [0.25, 0.3) is 0 Å². The molecular weight excluding hydrogens is 235 g/mol. The lowest BCUT2D eigenvalue weighted by Gasteiger charge is -2.09. The number of hydrogen-bond donors (Lipinski definition) is 3. The number of nitrogens with two attached hydrogens (primary N) is 1. The minimum absolute atomic E-state index is 0.145. The van der Waals surface area contributed by atoms with E-state index in [1.165, 1.54) is 13.0 Å². The van der Waals surface area contributed by atoms with Gasteiger partial charge in [-0.25, -0.2) is 17.5 Å². The van der Waals surface area contributed by atoms with Crippen molar-refractivity contribution in [3.63, 3.8) is 0 Å². The second kappa shape index (κ2) is 4.77. The first-order chi connectivity index (χ1) is 7.33. The smallest absolute Gasteiger partial charge is 0.243 e. The summed E-state index contributed by atoms with van der Waals surface area (Å²) < 4.78 is 38.5. The highest BCUT2D eigenvalue weighted by atomic mass is 32.2. The van der Waals surface area contributed by atoms with E-state index in [2.05, 4.69) is 4.72 Å². The third-order valence-corrected chi connectivity index (χ3v) is 3.27. The maximum absolute atomic E-state index is 13.3. The minimum Gasteiger partial charge on any atom is -0.399 e. The standard InChI is InChI=1S/C9H13FN2O3S/c1-6(13)5-12-16(14,15)9-3-2-7(11)4-8(9)10/h2-4,6,12-13H,5,11H2,1H3/t6-/m0/s1. The van der Waals surface area contributed by atoms with Gasteiger partial charge in [-0.05, 0) is 25.1 Å². The quantitative estimate of drug-likeness (QED) is 0.657. The van der Waals surface area contributed by atoms with E-state index in [4.69, 9.17) is 10.8 Å². The number of rotatable bonds is 4. The van der Waals surface area contributed by atoms with Crippen molar-refractivity contribution in [1.82, 2.24) is 4.72 Å². The molecule has 0 fully saturated rings. The molecule has 0 bridgehead atoms. The van der Waals surface area contributed by atoms with Crippen LogP contribution in [-0.2, 0) is 10.0 Å². The van der Waals surface area contributed by atoms with Crippen LogP contribution in [0.2, 0.25) is 0 Å². The van der Waals surface area contributed by atoms with Gasteiger partial charge in [0, 0.05) is 12.2 Å². The fraction of sp³-hybridized carbons (Fsp3) is 0.333. The lowest BCUT2D eigenvalue weighted by Crippen LogP contribution is -2.31. The molecule has 0 unspecified atom stereocenters. The number of anilines is 1. The van der Waals surface area contributed by atoms with E-state index in [0.29, 0.717) is 0 Å². The third kappa shape index (κ3) is 3.16. The lowest BCUT2D eigenvalue weighted by atomic mass is 10.3. The molecule has 0 saturated heterocycles. The normalized spacial score (nSPS) is 13.7. The number of nitrogens with one attached hydrogen (secondary N) is 1. The van der Waals surface area contributed by atoms with Gasteiger partial charge in [-0.15, -0.1) is 0 Å². The van der Waals surface area contributed by atoms with E-state index in [0.717, 1.165) is 12.1 Å². The summed E-state index contributed by atoms with van der Waals surface area (Å²) in [6.45, 7) is 1.24. The number of hydrogen-bond acceptors (Lipinski definition) is 4. The predicted octanol–water partition coefficient (Wildman–Crippen LogP) is 0.0670. The van der Waals surface area contributed by atoms with Gasteiger partial charge in [0.2, 0.25) is 10.0 Å². The van der Waals surface area contributed by atoms with Crippen LogP contribution in [-0.4, -0.2) is 26.2 Å². The molecule has 5 nitrogen and oxygen atoms in total. The first-order valence-electron chi connectivity index (χ1n) is 4.55. The molecule has 1 aromatic carbocycles. The minimum atomic E-state index is -3.94. The van der Waals surface area contributed by atoms with Gasteiger partial charge in [-0.3, -0.25) is 0 Å². The van der Waals surface area contributed by atoms with E-state index in [1.807, 2.05) is 0 Å². The zero-order valence-corrected chi connectivity index (χ0v) is 9.46. The van der Waals surface area contributed by atoms with Gasteiger partial charge >= 0.3 is 0 Å². The van der Waals surface area contributed by atoms with Crippen molar-refractivity contribution < 1.29 is 17.9 Å². The second-order valence-corrected chi connectivity index (χ2v) is 5.13. The molecule has 4 N–H and O–H groups in total. The van der Waals surface area contributed by atoms with Gasteiger partial charge in [-0.1, -0.05) is 0 Å². The zero-order chi connectivity index (χ0) is 12.3. The van der Waals surface area contributed by atoms with Crippen molar-refractivity contribution in [1.29, 1.82) is 0 Å². The van der Waals surface area contributed by atoms with Crippen LogP contribution in [0, 0.1) is 5.82 Å². The Morgan fingerprint density at radius 3 is 2.69 bits per heavy atom. The second-order valence-electron chi connectivity index (χ2n) is 3.39. The van der Waals surface area contributed by atoms with Crippen LogP contribution in [0.5, 0.6) is 0 Å². The molecule has 1 rings (SSSR count). The highest BCUT2D eigenvalue weighted by molar-refractivity contribution is 7.89. The van der Waals surface area contributed by atoms with Gasteiger partial charge in [0.15, 0.2) is 0 Å². The first-order valence-corrected chi connectivity index (χ1v) is 6.04. The lowest BCUT2D eigenvalue weighted by molar-refractivity contribution is 0.198. The van der Waals surface area contributed by atoms with E-state index in [1.54, 1.807) is 0 Å². The number of sulfonamides is 1. The molecule has 7 heteroatoms. The summed E-state index contributed by atoms with van der Waals surface area (Å²) in [6.07, 6.45) is -0.841. The molecule has 1 aromatic rings. The van der Waals surface area contributed by atoms with Crippen molar-refractivity contribution in [2.24, 2.45) is 0 Å². The number of benzene rings is 1. The van der Waals surface area contributed by atoms with Crippen LogP contribution in [0.1, 0.15) is 6.92 Å². The topological polar surface area (TPSA) is 92.4 Å². The summed E-state index contributed by atoms with van der Waals surface area (Å²) in [5.41, 5.74) is 5.44. The van der Waals surface area contributed by atoms with Gasteiger partial charge < -0.3 is 10.8 Å². The highest BCUT2D eigenvalue weighted by Gasteiger charge is 2.19. The van der Waals surface area contributed by atoms with Crippen LogP contribution in [0.15, 0.2) is 23.1 Å². The zero-order valence-electron chi connectivity index (χ0n) is 8.64. The van der Waals surface area contributed by atoms with E-state index < -0.39 is 26.8 Å². The van der Waals surface area contributed by atoms with E-state index in [-0.39, 0.29) is 12.2 Å². The molecule has 0 amide bonds. The molecule has 16 heavy (non-hydrogen) atoms. The molecule has 0 radical (unpaired) electrons. The molecule has 0 aliphatic rings. The van der Waals surface area contributed by atoms with Crippen molar-refractivity contribution in [3.05, 3.63) is 24.0 Å². The number of aliphatic hydroxyl groups is 1. The monoisotopic (exact) mass is 248 g/mol. The average Bonchev–Trinajstić information content (AvgIpc) is 2.14. The van der Waals surface area contributed by atoms with Crippen LogP contribution >= 0.6 is 0 Å². The Hall–Kier alpha value is -1.18. The summed E-state index contributed by atoms with van der Waals surface area (Å²) >= 11 is 0. The Labute approximate surface area is 93.1 Å².